The van der Waals surface area contributed by atoms with Crippen LogP contribution in [0.3, 0.4) is 0 Å². The molecule has 0 radical (unpaired) electrons. The van der Waals surface area contributed by atoms with Gasteiger partial charge in [-0.1, -0.05) is 0 Å². The molecule has 21 heavy (non-hydrogen) atoms. The Hall–Kier alpha value is -2.06. The van der Waals surface area contributed by atoms with Gasteiger partial charge in [0, 0.05) is 11.3 Å². The van der Waals surface area contributed by atoms with Crippen LogP contribution < -0.4 is 5.32 Å². The molecule has 6 nitrogen and oxygen atoms in total. The minimum absolute atomic E-state index is 0.215. The lowest BCUT2D eigenvalue weighted by atomic mass is 10.1. The summed E-state index contributed by atoms with van der Waals surface area (Å²) in [4.78, 5) is 22.3. The fourth-order valence-corrected chi connectivity index (χ4v) is 1.83. The molecule has 118 valence electrons. The molecule has 1 rings (SSSR count). The summed E-state index contributed by atoms with van der Waals surface area (Å²) in [5.74, 6) is -1.77. The molecule has 0 aliphatic heterocycles. The SMILES string of the molecule is Cc1nn(CC(F)(F)F)c(C)c1CC(=O)NC(C)C(=O)O. The van der Waals surface area contributed by atoms with Gasteiger partial charge < -0.3 is 10.4 Å². The van der Waals surface area contributed by atoms with Gasteiger partial charge in [-0.3, -0.25) is 14.3 Å². The van der Waals surface area contributed by atoms with Crippen molar-refractivity contribution in [1.29, 1.82) is 0 Å². The number of carbonyl (C=O) groups excluding carboxylic acids is 1. The third-order valence-corrected chi connectivity index (χ3v) is 2.95. The summed E-state index contributed by atoms with van der Waals surface area (Å²) in [5.41, 5.74) is 0.923. The quantitative estimate of drug-likeness (QED) is 0.856. The lowest BCUT2D eigenvalue weighted by Gasteiger charge is -2.10. The maximum absolute atomic E-state index is 12.4. The highest BCUT2D eigenvalue weighted by Gasteiger charge is 2.30. The van der Waals surface area contributed by atoms with Crippen LogP contribution in [0.15, 0.2) is 0 Å². The highest BCUT2D eigenvalue weighted by atomic mass is 19.4. The van der Waals surface area contributed by atoms with Gasteiger partial charge in [0.1, 0.15) is 12.6 Å². The molecule has 0 saturated heterocycles. The molecule has 1 aromatic heterocycles. The van der Waals surface area contributed by atoms with E-state index >= 15 is 0 Å². The molecule has 1 amide bonds. The second-order valence-corrected chi connectivity index (χ2v) is 4.73. The molecular formula is C12H16F3N3O3. The van der Waals surface area contributed by atoms with Crippen molar-refractivity contribution in [1.82, 2.24) is 15.1 Å². The Kier molecular flexibility index (Phi) is 4.97. The van der Waals surface area contributed by atoms with E-state index in [0.29, 0.717) is 11.3 Å². The molecule has 0 aliphatic carbocycles. The molecule has 2 N–H and O–H groups in total. The Morgan fingerprint density at radius 2 is 1.95 bits per heavy atom. The van der Waals surface area contributed by atoms with E-state index in [2.05, 4.69) is 10.4 Å². The van der Waals surface area contributed by atoms with Crippen LogP contribution in [0.25, 0.3) is 0 Å². The van der Waals surface area contributed by atoms with Crippen LogP contribution in [0.2, 0.25) is 0 Å². The first kappa shape index (κ1) is 17.0. The largest absolute Gasteiger partial charge is 0.480 e. The van der Waals surface area contributed by atoms with E-state index in [4.69, 9.17) is 5.11 Å². The van der Waals surface area contributed by atoms with Crippen LogP contribution in [0.4, 0.5) is 13.2 Å². The van der Waals surface area contributed by atoms with Crippen LogP contribution in [0.5, 0.6) is 0 Å². The number of rotatable bonds is 5. The third-order valence-electron chi connectivity index (χ3n) is 2.95. The number of alkyl halides is 3. The molecule has 0 saturated carbocycles. The van der Waals surface area contributed by atoms with Gasteiger partial charge in [0.25, 0.3) is 0 Å². The predicted octanol–water partition coefficient (Wildman–Crippen LogP) is 1.19. The first-order valence-electron chi connectivity index (χ1n) is 6.13. The zero-order valence-corrected chi connectivity index (χ0v) is 11.8. The molecule has 0 fully saturated rings. The average Bonchev–Trinajstić information content (AvgIpc) is 2.54. The number of aliphatic carboxylic acids is 1. The summed E-state index contributed by atoms with van der Waals surface area (Å²) in [6.45, 7) is 3.01. The van der Waals surface area contributed by atoms with Crippen molar-refractivity contribution in [3.05, 3.63) is 17.0 Å². The average molecular weight is 307 g/mol. The number of aryl methyl sites for hydroxylation is 1. The zero-order chi connectivity index (χ0) is 16.4. The summed E-state index contributed by atoms with van der Waals surface area (Å²) >= 11 is 0. The van der Waals surface area contributed by atoms with E-state index in [1.165, 1.54) is 20.8 Å². The van der Waals surface area contributed by atoms with Crippen molar-refractivity contribution in [3.63, 3.8) is 0 Å². The zero-order valence-electron chi connectivity index (χ0n) is 11.8. The fraction of sp³-hybridized carbons (Fsp3) is 0.583. The van der Waals surface area contributed by atoms with Gasteiger partial charge in [-0.25, -0.2) is 0 Å². The topological polar surface area (TPSA) is 84.2 Å². The van der Waals surface area contributed by atoms with Crippen molar-refractivity contribution in [2.24, 2.45) is 0 Å². The Labute approximate surface area is 118 Å². The molecule has 0 aromatic carbocycles. The normalized spacial score (nSPS) is 13.0. The van der Waals surface area contributed by atoms with Crippen molar-refractivity contribution < 1.29 is 27.9 Å². The van der Waals surface area contributed by atoms with Gasteiger partial charge in [0.05, 0.1) is 12.1 Å². The molecular weight excluding hydrogens is 291 g/mol. The minimum Gasteiger partial charge on any atom is -0.480 e. The molecule has 1 atom stereocenters. The number of amides is 1. The number of aromatic nitrogens is 2. The molecule has 1 heterocycles. The summed E-state index contributed by atoms with van der Waals surface area (Å²) < 4.78 is 37.9. The summed E-state index contributed by atoms with van der Waals surface area (Å²) in [7, 11) is 0. The van der Waals surface area contributed by atoms with Crippen LogP contribution >= 0.6 is 0 Å². The minimum atomic E-state index is -4.40. The number of halogens is 3. The van der Waals surface area contributed by atoms with E-state index in [0.717, 1.165) is 4.68 Å². The Bertz CT molecular complexity index is 552. The second-order valence-electron chi connectivity index (χ2n) is 4.73. The summed E-state index contributed by atoms with van der Waals surface area (Å²) in [6.07, 6.45) is -4.62. The van der Waals surface area contributed by atoms with Gasteiger partial charge >= 0.3 is 12.1 Å². The Morgan fingerprint density at radius 1 is 1.38 bits per heavy atom. The number of nitrogens with one attached hydrogen (secondary N) is 1. The highest BCUT2D eigenvalue weighted by Crippen LogP contribution is 2.21. The van der Waals surface area contributed by atoms with E-state index in [1.54, 1.807) is 0 Å². The summed E-state index contributed by atoms with van der Waals surface area (Å²) in [5, 5.41) is 14.7. The van der Waals surface area contributed by atoms with E-state index in [1.807, 2.05) is 0 Å². The van der Waals surface area contributed by atoms with Crippen molar-refractivity contribution in [2.45, 2.75) is 46.0 Å². The molecule has 0 bridgehead atoms. The van der Waals surface area contributed by atoms with Gasteiger partial charge in [0.15, 0.2) is 0 Å². The highest BCUT2D eigenvalue weighted by molar-refractivity contribution is 5.84. The Morgan fingerprint density at radius 3 is 2.43 bits per heavy atom. The smallest absolute Gasteiger partial charge is 0.408 e. The van der Waals surface area contributed by atoms with Crippen molar-refractivity contribution in [2.75, 3.05) is 0 Å². The van der Waals surface area contributed by atoms with E-state index in [9.17, 15) is 22.8 Å². The number of carboxylic acids is 1. The number of hydrogen-bond acceptors (Lipinski definition) is 3. The van der Waals surface area contributed by atoms with Crippen LogP contribution in [-0.4, -0.2) is 39.0 Å². The number of carbonyl (C=O) groups is 2. The lowest BCUT2D eigenvalue weighted by Crippen LogP contribution is -2.39. The number of hydrogen-bond donors (Lipinski definition) is 2. The predicted molar refractivity (Wildman–Crippen MR) is 66.7 cm³/mol. The molecule has 0 aliphatic rings. The molecule has 0 spiro atoms. The van der Waals surface area contributed by atoms with Gasteiger partial charge in [0.2, 0.25) is 5.91 Å². The maximum Gasteiger partial charge on any atom is 0.408 e. The lowest BCUT2D eigenvalue weighted by molar-refractivity contribution is -0.143. The summed E-state index contributed by atoms with van der Waals surface area (Å²) in [6, 6.07) is -1.07. The van der Waals surface area contributed by atoms with Gasteiger partial charge in [-0.15, -0.1) is 0 Å². The number of nitrogens with zero attached hydrogens (tertiary/aromatic N) is 2. The Balaban J connectivity index is 2.85. The monoisotopic (exact) mass is 307 g/mol. The van der Waals surface area contributed by atoms with Crippen LogP contribution in [0, 0.1) is 13.8 Å². The second kappa shape index (κ2) is 6.15. The van der Waals surface area contributed by atoms with Gasteiger partial charge in [-0.2, -0.15) is 18.3 Å². The van der Waals surface area contributed by atoms with Crippen LogP contribution in [0.1, 0.15) is 23.9 Å². The maximum atomic E-state index is 12.4. The first-order chi connectivity index (χ1) is 9.51. The van der Waals surface area contributed by atoms with E-state index in [-0.39, 0.29) is 12.1 Å². The third kappa shape index (κ3) is 4.76. The molecule has 9 heteroatoms. The first-order valence-corrected chi connectivity index (χ1v) is 6.13. The van der Waals surface area contributed by atoms with Crippen LogP contribution in [-0.2, 0) is 22.6 Å². The number of carboxylic acid groups (broad SMARTS) is 1. The molecule has 1 unspecified atom stereocenters. The van der Waals surface area contributed by atoms with Gasteiger partial charge in [-0.05, 0) is 20.8 Å². The standard InChI is InChI=1S/C12H16F3N3O3/c1-6-9(4-10(19)16-7(2)11(20)21)8(3)18(17-6)5-12(13,14)15/h7H,4-5H2,1-3H3,(H,16,19)(H,20,21). The van der Waals surface area contributed by atoms with Crippen molar-refractivity contribution in [3.8, 4) is 0 Å². The van der Waals surface area contributed by atoms with Crippen molar-refractivity contribution >= 4 is 11.9 Å². The fourth-order valence-electron chi connectivity index (χ4n) is 1.83. The molecule has 1 aromatic rings. The van der Waals surface area contributed by atoms with E-state index < -0.39 is 30.6 Å².